The molecule has 9 heteroatoms. The van der Waals surface area contributed by atoms with E-state index in [2.05, 4.69) is 15.1 Å². The fourth-order valence-electron chi connectivity index (χ4n) is 3.29. The summed E-state index contributed by atoms with van der Waals surface area (Å²) >= 11 is 6.17. The van der Waals surface area contributed by atoms with E-state index < -0.39 is 11.7 Å². The van der Waals surface area contributed by atoms with Crippen LogP contribution >= 0.6 is 11.6 Å². The fraction of sp³-hybridized carbons (Fsp3) is 0.556. The summed E-state index contributed by atoms with van der Waals surface area (Å²) in [6, 6.07) is 3.32. The van der Waals surface area contributed by atoms with Gasteiger partial charge in [0.15, 0.2) is 0 Å². The first kappa shape index (κ1) is 20.1. The van der Waals surface area contributed by atoms with Gasteiger partial charge in [-0.25, -0.2) is 0 Å². The third kappa shape index (κ3) is 5.00. The zero-order chi connectivity index (χ0) is 19.6. The van der Waals surface area contributed by atoms with Gasteiger partial charge in [0.25, 0.3) is 0 Å². The lowest BCUT2D eigenvalue weighted by Crippen LogP contribution is -2.33. The quantitative estimate of drug-likeness (QED) is 0.735. The van der Waals surface area contributed by atoms with E-state index in [1.165, 1.54) is 6.07 Å². The molecule has 1 atom stereocenters. The highest BCUT2D eigenvalue weighted by molar-refractivity contribution is 6.31. The zero-order valence-electron chi connectivity index (χ0n) is 15.3. The molecular formula is C18H22ClF3N4O. The van der Waals surface area contributed by atoms with Gasteiger partial charge in [0.1, 0.15) is 0 Å². The molecule has 0 bridgehead atoms. The summed E-state index contributed by atoms with van der Waals surface area (Å²) in [7, 11) is 3.82. The molecule has 148 valence electrons. The second-order valence-corrected chi connectivity index (χ2v) is 7.47. The number of halogens is 4. The summed E-state index contributed by atoms with van der Waals surface area (Å²) in [6.07, 6.45) is -1.61. The van der Waals surface area contributed by atoms with Gasteiger partial charge >= 0.3 is 6.18 Å². The molecule has 0 saturated carbocycles. The van der Waals surface area contributed by atoms with Crippen LogP contribution in [-0.2, 0) is 19.3 Å². The van der Waals surface area contributed by atoms with Gasteiger partial charge in [-0.1, -0.05) is 18.0 Å². The van der Waals surface area contributed by atoms with E-state index in [4.69, 9.17) is 16.0 Å². The lowest BCUT2D eigenvalue weighted by Gasteiger charge is -2.33. The summed E-state index contributed by atoms with van der Waals surface area (Å²) in [5.74, 6) is 1.03. The Morgan fingerprint density at radius 3 is 2.74 bits per heavy atom. The van der Waals surface area contributed by atoms with Crippen LogP contribution in [0.3, 0.4) is 0 Å². The number of nitrogens with zero attached hydrogens (tertiary/aromatic N) is 4. The predicted octanol–water partition coefficient (Wildman–Crippen LogP) is 4.53. The Bertz CT molecular complexity index is 778. The SMILES string of the molecule is CN(C)Cc1nnc([C@@H]2CCCCN2Cc2cc(C(F)(F)F)ccc2Cl)o1. The zero-order valence-corrected chi connectivity index (χ0v) is 16.0. The van der Waals surface area contributed by atoms with E-state index in [0.717, 1.165) is 37.9 Å². The van der Waals surface area contributed by atoms with Crippen molar-refractivity contribution < 1.29 is 17.6 Å². The highest BCUT2D eigenvalue weighted by Gasteiger charge is 2.32. The van der Waals surface area contributed by atoms with Crippen LogP contribution in [0.15, 0.2) is 22.6 Å². The average Bonchev–Trinajstić information content (AvgIpc) is 3.04. The average molecular weight is 403 g/mol. The molecule has 1 fully saturated rings. The Morgan fingerprint density at radius 2 is 2.04 bits per heavy atom. The van der Waals surface area contributed by atoms with Gasteiger partial charge in [0.05, 0.1) is 18.2 Å². The Balaban J connectivity index is 1.81. The number of benzene rings is 1. The number of alkyl halides is 3. The Morgan fingerprint density at radius 1 is 1.26 bits per heavy atom. The number of piperidine rings is 1. The highest BCUT2D eigenvalue weighted by Crippen LogP contribution is 2.35. The minimum Gasteiger partial charge on any atom is -0.422 e. The van der Waals surface area contributed by atoms with E-state index >= 15 is 0 Å². The van der Waals surface area contributed by atoms with Crippen LogP contribution < -0.4 is 0 Å². The van der Waals surface area contributed by atoms with Gasteiger partial charge in [-0.2, -0.15) is 13.2 Å². The molecule has 0 amide bonds. The molecule has 0 radical (unpaired) electrons. The topological polar surface area (TPSA) is 45.4 Å². The first-order valence-corrected chi connectivity index (χ1v) is 9.18. The smallest absolute Gasteiger partial charge is 0.416 e. The van der Waals surface area contributed by atoms with E-state index in [0.29, 0.717) is 35.5 Å². The van der Waals surface area contributed by atoms with Crippen LogP contribution in [0.1, 0.15) is 48.2 Å². The van der Waals surface area contributed by atoms with Crippen LogP contribution in [0.4, 0.5) is 13.2 Å². The number of hydrogen-bond acceptors (Lipinski definition) is 5. The molecular weight excluding hydrogens is 381 g/mol. The molecule has 1 aromatic heterocycles. The maximum atomic E-state index is 13.0. The lowest BCUT2D eigenvalue weighted by molar-refractivity contribution is -0.137. The summed E-state index contributed by atoms with van der Waals surface area (Å²) in [6.45, 7) is 1.58. The van der Waals surface area contributed by atoms with Gasteiger partial charge in [-0.3, -0.25) is 4.90 Å². The molecule has 1 aliphatic heterocycles. The van der Waals surface area contributed by atoms with Gasteiger partial charge in [0, 0.05) is 11.6 Å². The van der Waals surface area contributed by atoms with Crippen LogP contribution in [0, 0.1) is 0 Å². The van der Waals surface area contributed by atoms with Gasteiger partial charge in [0.2, 0.25) is 11.8 Å². The molecule has 1 aromatic carbocycles. The van der Waals surface area contributed by atoms with Crippen LogP contribution in [0.25, 0.3) is 0 Å². The monoisotopic (exact) mass is 402 g/mol. The van der Waals surface area contributed by atoms with Crippen molar-refractivity contribution in [1.82, 2.24) is 20.0 Å². The second-order valence-electron chi connectivity index (χ2n) is 7.06. The Hall–Kier alpha value is -1.64. The summed E-state index contributed by atoms with van der Waals surface area (Å²) in [4.78, 5) is 4.00. The lowest BCUT2D eigenvalue weighted by atomic mass is 10.0. The van der Waals surface area contributed by atoms with Crippen molar-refractivity contribution in [2.24, 2.45) is 0 Å². The molecule has 0 spiro atoms. The number of likely N-dealkylation sites (tertiary alicyclic amines) is 1. The standard InChI is InChI=1S/C18H22ClF3N4O/c1-25(2)11-16-23-24-17(27-16)15-5-3-4-8-26(15)10-12-9-13(18(20,21)22)6-7-14(12)19/h6-7,9,15H,3-5,8,10-11H2,1-2H3/t15-/m0/s1. The van der Waals surface area contributed by atoms with Crippen molar-refractivity contribution in [2.45, 2.75) is 44.6 Å². The van der Waals surface area contributed by atoms with Gasteiger partial charge in [-0.05, 0) is 57.2 Å². The van der Waals surface area contributed by atoms with Gasteiger partial charge in [-0.15, -0.1) is 10.2 Å². The van der Waals surface area contributed by atoms with Crippen LogP contribution in [0.5, 0.6) is 0 Å². The first-order chi connectivity index (χ1) is 12.7. The van der Waals surface area contributed by atoms with Crippen LogP contribution in [-0.4, -0.2) is 40.6 Å². The van der Waals surface area contributed by atoms with Crippen molar-refractivity contribution in [2.75, 3.05) is 20.6 Å². The van der Waals surface area contributed by atoms with E-state index in [1.807, 2.05) is 19.0 Å². The molecule has 5 nitrogen and oxygen atoms in total. The van der Waals surface area contributed by atoms with Gasteiger partial charge < -0.3 is 9.32 Å². The van der Waals surface area contributed by atoms with Crippen molar-refractivity contribution >= 4 is 11.6 Å². The molecule has 2 heterocycles. The minimum atomic E-state index is -4.39. The van der Waals surface area contributed by atoms with Crippen molar-refractivity contribution in [3.05, 3.63) is 46.1 Å². The predicted molar refractivity (Wildman–Crippen MR) is 95.1 cm³/mol. The first-order valence-electron chi connectivity index (χ1n) is 8.80. The maximum Gasteiger partial charge on any atom is 0.416 e. The molecule has 0 unspecified atom stereocenters. The fourth-order valence-corrected chi connectivity index (χ4v) is 3.46. The van der Waals surface area contributed by atoms with Crippen LogP contribution in [0.2, 0.25) is 5.02 Å². The molecule has 2 aromatic rings. The Labute approximate surface area is 161 Å². The summed E-state index contributed by atoms with van der Waals surface area (Å²) in [5, 5.41) is 8.57. The molecule has 1 saturated heterocycles. The van der Waals surface area contributed by atoms with Crippen molar-refractivity contribution in [1.29, 1.82) is 0 Å². The third-order valence-corrected chi connectivity index (χ3v) is 4.95. The number of rotatable bonds is 5. The number of hydrogen-bond donors (Lipinski definition) is 0. The molecule has 0 N–H and O–H groups in total. The molecule has 3 rings (SSSR count). The largest absolute Gasteiger partial charge is 0.422 e. The molecule has 0 aliphatic carbocycles. The summed E-state index contributed by atoms with van der Waals surface area (Å²) < 4.78 is 44.9. The number of aromatic nitrogens is 2. The second kappa shape index (κ2) is 8.16. The van der Waals surface area contributed by atoms with Crippen molar-refractivity contribution in [3.63, 3.8) is 0 Å². The van der Waals surface area contributed by atoms with E-state index in [-0.39, 0.29) is 6.04 Å². The molecule has 27 heavy (non-hydrogen) atoms. The van der Waals surface area contributed by atoms with Crippen molar-refractivity contribution in [3.8, 4) is 0 Å². The van der Waals surface area contributed by atoms with E-state index in [1.54, 1.807) is 0 Å². The normalized spacial score (nSPS) is 19.0. The Kier molecular flexibility index (Phi) is 6.08. The minimum absolute atomic E-state index is 0.118. The highest BCUT2D eigenvalue weighted by atomic mass is 35.5. The third-order valence-electron chi connectivity index (χ3n) is 4.58. The molecule has 1 aliphatic rings. The van der Waals surface area contributed by atoms with E-state index in [9.17, 15) is 13.2 Å². The summed E-state index contributed by atoms with van der Waals surface area (Å²) in [5.41, 5.74) is -0.243. The maximum absolute atomic E-state index is 13.0.